The van der Waals surface area contributed by atoms with Crippen LogP contribution in [-0.2, 0) is 0 Å². The molecule has 0 nitrogen and oxygen atoms in total. The topological polar surface area (TPSA) is 0 Å². The van der Waals surface area contributed by atoms with Gasteiger partial charge in [0, 0.05) is 0 Å². The van der Waals surface area contributed by atoms with Crippen molar-refractivity contribution in [2.75, 3.05) is 0 Å². The molecule has 68 valence electrons. The maximum absolute atomic E-state index is 2.55. The van der Waals surface area contributed by atoms with Gasteiger partial charge in [-0.2, -0.15) is 0 Å². The molecular weight excluding hydrogens is 144 g/mol. The number of rotatable bonds is 0. The molecule has 12 heavy (non-hydrogen) atoms. The smallest absolute Gasteiger partial charge is 0.0233 e. The molecule has 0 aromatic heterocycles. The standard InChI is InChI=1S/C12H20/c1-8-5-12-6-10(8,3)11(4,7-12)9(12)2/h8-9H,5-7H2,1-4H3. The van der Waals surface area contributed by atoms with Gasteiger partial charge in [-0.3, -0.25) is 0 Å². The van der Waals surface area contributed by atoms with E-state index in [1.54, 1.807) is 12.8 Å². The van der Waals surface area contributed by atoms with Crippen molar-refractivity contribution in [1.82, 2.24) is 0 Å². The zero-order valence-corrected chi connectivity index (χ0v) is 8.78. The van der Waals surface area contributed by atoms with Crippen molar-refractivity contribution in [3.8, 4) is 0 Å². The van der Waals surface area contributed by atoms with Gasteiger partial charge >= 0.3 is 0 Å². The Morgan fingerprint density at radius 1 is 1.00 bits per heavy atom. The second-order valence-electron chi connectivity index (χ2n) is 6.38. The fourth-order valence-electron chi connectivity index (χ4n) is 5.32. The van der Waals surface area contributed by atoms with Crippen LogP contribution < -0.4 is 0 Å². The highest BCUT2D eigenvalue weighted by atomic mass is 14.8. The fourth-order valence-corrected chi connectivity index (χ4v) is 5.32. The van der Waals surface area contributed by atoms with E-state index in [2.05, 4.69) is 27.7 Å². The Hall–Kier alpha value is 0. The van der Waals surface area contributed by atoms with Gasteiger partial charge in [0.15, 0.2) is 0 Å². The van der Waals surface area contributed by atoms with Crippen LogP contribution in [-0.4, -0.2) is 0 Å². The van der Waals surface area contributed by atoms with E-state index in [0.29, 0.717) is 10.8 Å². The predicted molar refractivity (Wildman–Crippen MR) is 50.8 cm³/mol. The van der Waals surface area contributed by atoms with E-state index in [1.807, 2.05) is 0 Å². The Kier molecular flexibility index (Phi) is 0.932. The number of hydrogen-bond donors (Lipinski definition) is 0. The molecule has 0 heteroatoms. The fraction of sp³-hybridized carbons (Fsp3) is 1.00. The van der Waals surface area contributed by atoms with Crippen LogP contribution in [0.2, 0.25) is 0 Å². The highest BCUT2D eigenvalue weighted by molar-refractivity contribution is 5.27. The zero-order chi connectivity index (χ0) is 8.78. The van der Waals surface area contributed by atoms with E-state index in [4.69, 9.17) is 0 Å². The van der Waals surface area contributed by atoms with E-state index in [-0.39, 0.29) is 0 Å². The van der Waals surface area contributed by atoms with Crippen molar-refractivity contribution in [2.45, 2.75) is 47.0 Å². The van der Waals surface area contributed by atoms with Gasteiger partial charge in [-0.1, -0.05) is 27.7 Å². The predicted octanol–water partition coefficient (Wildman–Crippen LogP) is 3.47. The minimum Gasteiger partial charge on any atom is -0.0619 e. The molecule has 5 unspecified atom stereocenters. The van der Waals surface area contributed by atoms with Gasteiger partial charge in [-0.25, -0.2) is 0 Å². The first-order chi connectivity index (χ1) is 5.45. The monoisotopic (exact) mass is 164 g/mol. The molecule has 5 atom stereocenters. The van der Waals surface area contributed by atoms with Crippen LogP contribution in [0.15, 0.2) is 0 Å². The maximum atomic E-state index is 2.55. The Morgan fingerprint density at radius 2 is 1.58 bits per heavy atom. The molecule has 4 aliphatic carbocycles. The van der Waals surface area contributed by atoms with Crippen molar-refractivity contribution in [3.63, 3.8) is 0 Å². The van der Waals surface area contributed by atoms with Crippen LogP contribution in [0.25, 0.3) is 0 Å². The third kappa shape index (κ3) is 0.418. The Labute approximate surface area is 75.7 Å². The van der Waals surface area contributed by atoms with E-state index < -0.39 is 0 Å². The first-order valence-electron chi connectivity index (χ1n) is 5.45. The number of hydrogen-bond acceptors (Lipinski definition) is 0. The van der Waals surface area contributed by atoms with Crippen molar-refractivity contribution < 1.29 is 0 Å². The molecule has 0 heterocycles. The van der Waals surface area contributed by atoms with E-state index in [9.17, 15) is 0 Å². The molecule has 0 amide bonds. The molecule has 3 bridgehead atoms. The van der Waals surface area contributed by atoms with Crippen LogP contribution in [0, 0.1) is 28.1 Å². The van der Waals surface area contributed by atoms with Crippen LogP contribution in [0.4, 0.5) is 0 Å². The largest absolute Gasteiger partial charge is 0.0619 e. The molecule has 0 aromatic rings. The molecule has 0 aromatic carbocycles. The summed E-state index contributed by atoms with van der Waals surface area (Å²) < 4.78 is 0. The Balaban J connectivity index is 2.14. The van der Waals surface area contributed by atoms with E-state index >= 15 is 0 Å². The summed E-state index contributed by atoms with van der Waals surface area (Å²) in [6.45, 7) is 10.1. The van der Waals surface area contributed by atoms with Crippen molar-refractivity contribution >= 4 is 0 Å². The Bertz CT molecular complexity index is 253. The van der Waals surface area contributed by atoms with Gasteiger partial charge in [0.1, 0.15) is 0 Å². The average molecular weight is 164 g/mol. The van der Waals surface area contributed by atoms with Crippen LogP contribution in [0.1, 0.15) is 47.0 Å². The van der Waals surface area contributed by atoms with Gasteiger partial charge in [-0.05, 0) is 47.3 Å². The molecule has 4 rings (SSSR count). The first-order valence-corrected chi connectivity index (χ1v) is 5.45. The van der Waals surface area contributed by atoms with E-state index in [1.165, 1.54) is 6.42 Å². The lowest BCUT2D eigenvalue weighted by Gasteiger charge is -2.62. The summed E-state index contributed by atoms with van der Waals surface area (Å²) in [6.07, 6.45) is 4.61. The lowest BCUT2D eigenvalue weighted by molar-refractivity contribution is -0.135. The van der Waals surface area contributed by atoms with Crippen LogP contribution in [0.3, 0.4) is 0 Å². The summed E-state index contributed by atoms with van der Waals surface area (Å²) >= 11 is 0. The Morgan fingerprint density at radius 3 is 1.92 bits per heavy atom. The minimum atomic E-state index is 0.701. The van der Waals surface area contributed by atoms with Crippen LogP contribution in [0.5, 0.6) is 0 Å². The van der Waals surface area contributed by atoms with Gasteiger partial charge in [-0.15, -0.1) is 0 Å². The third-order valence-corrected chi connectivity index (χ3v) is 6.42. The van der Waals surface area contributed by atoms with Crippen LogP contribution >= 0.6 is 0 Å². The molecule has 0 N–H and O–H groups in total. The van der Waals surface area contributed by atoms with Crippen molar-refractivity contribution in [3.05, 3.63) is 0 Å². The third-order valence-electron chi connectivity index (χ3n) is 6.42. The second kappa shape index (κ2) is 1.51. The van der Waals surface area contributed by atoms with Gasteiger partial charge < -0.3 is 0 Å². The van der Waals surface area contributed by atoms with Crippen molar-refractivity contribution in [2.24, 2.45) is 28.1 Å². The summed E-state index contributed by atoms with van der Waals surface area (Å²) in [6, 6.07) is 0. The lowest BCUT2D eigenvalue weighted by Crippen LogP contribution is -2.55. The van der Waals surface area contributed by atoms with Gasteiger partial charge in [0.05, 0.1) is 0 Å². The zero-order valence-electron chi connectivity index (χ0n) is 8.78. The van der Waals surface area contributed by atoms with E-state index in [0.717, 1.165) is 17.3 Å². The summed E-state index contributed by atoms with van der Waals surface area (Å²) in [7, 11) is 0. The van der Waals surface area contributed by atoms with Gasteiger partial charge in [0.25, 0.3) is 0 Å². The maximum Gasteiger partial charge on any atom is -0.0233 e. The van der Waals surface area contributed by atoms with Crippen molar-refractivity contribution in [1.29, 1.82) is 0 Å². The second-order valence-corrected chi connectivity index (χ2v) is 6.38. The minimum absolute atomic E-state index is 0.701. The molecule has 1 spiro atoms. The molecule has 4 aliphatic rings. The first kappa shape index (κ1) is 7.41. The molecule has 0 saturated heterocycles. The molecule has 4 saturated carbocycles. The summed E-state index contributed by atoms with van der Waals surface area (Å²) in [4.78, 5) is 0. The lowest BCUT2D eigenvalue weighted by atomic mass is 9.42. The summed E-state index contributed by atoms with van der Waals surface area (Å²) in [5.74, 6) is 2.01. The average Bonchev–Trinajstić information content (AvgIpc) is 2.42. The normalized spacial score (nSPS) is 73.0. The molecule has 4 fully saturated rings. The SMILES string of the molecule is CC1CC23CC1(C)C(C)(C2)C3C. The molecule has 0 aliphatic heterocycles. The highest BCUT2D eigenvalue weighted by Gasteiger charge is 2.78. The van der Waals surface area contributed by atoms with Gasteiger partial charge in [0.2, 0.25) is 0 Å². The highest BCUT2D eigenvalue weighted by Crippen LogP contribution is 2.86. The quantitative estimate of drug-likeness (QED) is 0.514. The summed E-state index contributed by atoms with van der Waals surface area (Å²) in [5, 5.41) is 0. The molecular formula is C12H20. The molecule has 0 radical (unpaired) electrons. The summed E-state index contributed by atoms with van der Waals surface area (Å²) in [5.41, 5.74) is 2.22.